The maximum atomic E-state index is 12.4. The minimum absolute atomic E-state index is 0.00541. The fourth-order valence-corrected chi connectivity index (χ4v) is 2.88. The molecule has 0 saturated heterocycles. The Morgan fingerprint density at radius 1 is 1.16 bits per heavy atom. The van der Waals surface area contributed by atoms with Gasteiger partial charge in [0.2, 0.25) is 5.91 Å². The molecule has 0 aliphatic carbocycles. The lowest BCUT2D eigenvalue weighted by Crippen LogP contribution is -2.43. The first-order valence-corrected chi connectivity index (χ1v) is 8.55. The zero-order valence-corrected chi connectivity index (χ0v) is 14.2. The molecule has 5 nitrogen and oxygen atoms in total. The Morgan fingerprint density at radius 3 is 2.64 bits per heavy atom. The highest BCUT2D eigenvalue weighted by molar-refractivity contribution is 5.99. The van der Waals surface area contributed by atoms with E-state index in [-0.39, 0.29) is 24.3 Å². The third-order valence-corrected chi connectivity index (χ3v) is 4.26. The highest BCUT2D eigenvalue weighted by Gasteiger charge is 2.29. The average molecular weight is 338 g/mol. The number of carbonyl (C=O) groups excluding carboxylic acids is 2. The molecule has 130 valence electrons. The van der Waals surface area contributed by atoms with Gasteiger partial charge in [-0.05, 0) is 30.5 Å². The van der Waals surface area contributed by atoms with Crippen LogP contribution in [0, 0.1) is 0 Å². The van der Waals surface area contributed by atoms with Gasteiger partial charge in [-0.1, -0.05) is 49.4 Å². The lowest BCUT2D eigenvalue weighted by molar-refractivity contribution is -0.130. The summed E-state index contributed by atoms with van der Waals surface area (Å²) in [6, 6.07) is 17.3. The van der Waals surface area contributed by atoms with E-state index in [9.17, 15) is 9.59 Å². The Hall–Kier alpha value is -2.82. The summed E-state index contributed by atoms with van der Waals surface area (Å²) in [7, 11) is 0. The molecular formula is C20H22N2O3. The van der Waals surface area contributed by atoms with Gasteiger partial charge in [-0.25, -0.2) is 0 Å². The van der Waals surface area contributed by atoms with E-state index in [1.165, 1.54) is 5.56 Å². The smallest absolute Gasteiger partial charge is 0.266 e. The van der Waals surface area contributed by atoms with Crippen LogP contribution >= 0.6 is 0 Å². The van der Waals surface area contributed by atoms with Crippen molar-refractivity contribution in [2.45, 2.75) is 38.3 Å². The highest BCUT2D eigenvalue weighted by atomic mass is 16.5. The Morgan fingerprint density at radius 2 is 1.88 bits per heavy atom. The number of hydrogen-bond acceptors (Lipinski definition) is 3. The molecule has 2 aromatic carbocycles. The highest BCUT2D eigenvalue weighted by Crippen LogP contribution is 2.29. The zero-order valence-electron chi connectivity index (χ0n) is 14.2. The number of rotatable bonds is 6. The summed E-state index contributed by atoms with van der Waals surface area (Å²) in [5.41, 5.74) is 1.81. The van der Waals surface area contributed by atoms with E-state index in [0.29, 0.717) is 11.4 Å². The maximum Gasteiger partial charge on any atom is 0.266 e. The zero-order chi connectivity index (χ0) is 17.6. The second-order valence-corrected chi connectivity index (χ2v) is 6.16. The van der Waals surface area contributed by atoms with Gasteiger partial charge in [0.15, 0.2) is 6.10 Å². The summed E-state index contributed by atoms with van der Waals surface area (Å²) in [5.74, 6) is 0.128. The molecule has 0 unspecified atom stereocenters. The molecule has 0 spiro atoms. The number of hydrogen-bond donors (Lipinski definition) is 2. The standard InChI is InChI=1S/C20H22N2O3/c1-2-15(12-14-8-4-3-5-9-14)21-19(23)13-18-20(24)22-16-10-6-7-11-17(16)25-18/h3-11,15,18H,2,12-13H2,1H3,(H,21,23)(H,22,24)/t15-,18+/m0/s1. The van der Waals surface area contributed by atoms with Crippen LogP contribution in [0.2, 0.25) is 0 Å². The second kappa shape index (κ2) is 7.83. The van der Waals surface area contributed by atoms with Gasteiger partial charge in [0.25, 0.3) is 5.91 Å². The summed E-state index contributed by atoms with van der Waals surface area (Å²) in [4.78, 5) is 24.5. The summed E-state index contributed by atoms with van der Waals surface area (Å²) >= 11 is 0. The van der Waals surface area contributed by atoms with Gasteiger partial charge in [0.05, 0.1) is 12.1 Å². The van der Waals surface area contributed by atoms with Crippen LogP contribution in [0.25, 0.3) is 0 Å². The van der Waals surface area contributed by atoms with E-state index < -0.39 is 6.10 Å². The molecule has 5 heteroatoms. The Balaban J connectivity index is 1.57. The van der Waals surface area contributed by atoms with E-state index in [1.807, 2.05) is 49.4 Å². The van der Waals surface area contributed by atoms with Crippen LogP contribution in [-0.4, -0.2) is 24.0 Å². The van der Waals surface area contributed by atoms with Gasteiger partial charge in [0, 0.05) is 6.04 Å². The molecule has 0 radical (unpaired) electrons. The van der Waals surface area contributed by atoms with Crippen LogP contribution in [0.1, 0.15) is 25.3 Å². The van der Waals surface area contributed by atoms with Crippen molar-refractivity contribution in [2.24, 2.45) is 0 Å². The van der Waals surface area contributed by atoms with Crippen molar-refractivity contribution in [3.63, 3.8) is 0 Å². The van der Waals surface area contributed by atoms with Crippen molar-refractivity contribution in [2.75, 3.05) is 5.32 Å². The number of benzene rings is 2. The summed E-state index contributed by atoms with van der Waals surface area (Å²) in [6.07, 6.45) is 0.792. The van der Waals surface area contributed by atoms with E-state index >= 15 is 0 Å². The lowest BCUT2D eigenvalue weighted by atomic mass is 10.0. The van der Waals surface area contributed by atoms with Gasteiger partial charge in [0.1, 0.15) is 5.75 Å². The lowest BCUT2D eigenvalue weighted by Gasteiger charge is -2.26. The largest absolute Gasteiger partial charge is 0.478 e. The Labute approximate surface area is 147 Å². The van der Waals surface area contributed by atoms with Crippen LogP contribution in [0.5, 0.6) is 5.75 Å². The van der Waals surface area contributed by atoms with Crippen LogP contribution < -0.4 is 15.4 Å². The van der Waals surface area contributed by atoms with Crippen molar-refractivity contribution in [3.05, 3.63) is 60.2 Å². The number of carbonyl (C=O) groups is 2. The van der Waals surface area contributed by atoms with Crippen molar-refractivity contribution >= 4 is 17.5 Å². The fraction of sp³-hybridized carbons (Fsp3) is 0.300. The van der Waals surface area contributed by atoms with Crippen molar-refractivity contribution in [3.8, 4) is 5.75 Å². The topological polar surface area (TPSA) is 67.4 Å². The fourth-order valence-electron chi connectivity index (χ4n) is 2.88. The van der Waals surface area contributed by atoms with Gasteiger partial charge in [-0.3, -0.25) is 9.59 Å². The second-order valence-electron chi connectivity index (χ2n) is 6.16. The molecule has 0 bridgehead atoms. The Bertz CT molecular complexity index is 746. The molecule has 25 heavy (non-hydrogen) atoms. The number of fused-ring (bicyclic) bond motifs is 1. The molecule has 3 rings (SSSR count). The predicted octanol–water partition coefficient (Wildman–Crippen LogP) is 2.91. The predicted molar refractivity (Wildman–Crippen MR) is 96.5 cm³/mol. The summed E-state index contributed by atoms with van der Waals surface area (Å²) < 4.78 is 5.68. The SMILES string of the molecule is CC[C@@H](Cc1ccccc1)NC(=O)C[C@H]1Oc2ccccc2NC1=O. The molecule has 1 aliphatic heterocycles. The first kappa shape index (κ1) is 17.0. The molecule has 1 aliphatic rings. The first-order valence-electron chi connectivity index (χ1n) is 8.55. The van der Waals surface area contributed by atoms with Crippen LogP contribution in [0.3, 0.4) is 0 Å². The molecule has 2 atom stereocenters. The molecule has 0 fully saturated rings. The molecule has 2 aromatic rings. The molecule has 0 saturated carbocycles. The van der Waals surface area contributed by atoms with E-state index in [4.69, 9.17) is 4.74 Å². The quantitative estimate of drug-likeness (QED) is 0.851. The number of anilines is 1. The Kier molecular flexibility index (Phi) is 5.33. The van der Waals surface area contributed by atoms with Gasteiger partial charge in [-0.2, -0.15) is 0 Å². The van der Waals surface area contributed by atoms with E-state index in [1.54, 1.807) is 12.1 Å². The van der Waals surface area contributed by atoms with Crippen molar-refractivity contribution in [1.82, 2.24) is 5.32 Å². The molecule has 2 amide bonds. The average Bonchev–Trinajstić information content (AvgIpc) is 2.62. The summed E-state index contributed by atoms with van der Waals surface area (Å²) in [5, 5.41) is 5.79. The van der Waals surface area contributed by atoms with Gasteiger partial charge < -0.3 is 15.4 Å². The minimum Gasteiger partial charge on any atom is -0.478 e. The van der Waals surface area contributed by atoms with Gasteiger partial charge in [-0.15, -0.1) is 0 Å². The molecule has 2 N–H and O–H groups in total. The van der Waals surface area contributed by atoms with Gasteiger partial charge >= 0.3 is 0 Å². The number of ether oxygens (including phenoxy) is 1. The minimum atomic E-state index is -0.802. The number of para-hydroxylation sites is 2. The third kappa shape index (κ3) is 4.38. The summed E-state index contributed by atoms with van der Waals surface area (Å²) in [6.45, 7) is 2.04. The van der Waals surface area contributed by atoms with Crippen molar-refractivity contribution in [1.29, 1.82) is 0 Å². The van der Waals surface area contributed by atoms with Crippen molar-refractivity contribution < 1.29 is 14.3 Å². The van der Waals surface area contributed by atoms with E-state index in [0.717, 1.165) is 12.8 Å². The maximum absolute atomic E-state index is 12.4. The molecule has 1 heterocycles. The van der Waals surface area contributed by atoms with E-state index in [2.05, 4.69) is 10.6 Å². The monoisotopic (exact) mass is 338 g/mol. The molecular weight excluding hydrogens is 316 g/mol. The molecule has 0 aromatic heterocycles. The number of nitrogens with one attached hydrogen (secondary N) is 2. The first-order chi connectivity index (χ1) is 12.2. The van der Waals surface area contributed by atoms with Crippen LogP contribution in [0.4, 0.5) is 5.69 Å². The third-order valence-electron chi connectivity index (χ3n) is 4.26. The van der Waals surface area contributed by atoms with Crippen LogP contribution in [-0.2, 0) is 16.0 Å². The van der Waals surface area contributed by atoms with Crippen LogP contribution in [0.15, 0.2) is 54.6 Å². The number of amides is 2. The normalized spacial score (nSPS) is 17.0.